The van der Waals surface area contributed by atoms with E-state index in [-0.39, 0.29) is 18.2 Å². The molecule has 0 saturated carbocycles. The van der Waals surface area contributed by atoms with Gasteiger partial charge in [0.15, 0.2) is 0 Å². The quantitative estimate of drug-likeness (QED) is 0.214. The van der Waals surface area contributed by atoms with E-state index in [0.717, 1.165) is 105 Å². The molecule has 49 heavy (non-hydrogen) atoms. The van der Waals surface area contributed by atoms with Crippen LogP contribution in [0.5, 0.6) is 0 Å². The third-order valence-electron chi connectivity index (χ3n) is 10.8. The van der Waals surface area contributed by atoms with Gasteiger partial charge in [0, 0.05) is 105 Å². The van der Waals surface area contributed by atoms with Crippen LogP contribution in [0.4, 0.5) is 11.4 Å². The van der Waals surface area contributed by atoms with E-state index in [0.29, 0.717) is 24.3 Å². The van der Waals surface area contributed by atoms with Crippen LogP contribution in [-0.2, 0) is 22.4 Å². The molecule has 3 amide bonds. The zero-order chi connectivity index (χ0) is 34.1. The van der Waals surface area contributed by atoms with Crippen molar-refractivity contribution in [2.24, 2.45) is 11.3 Å². The Kier molecular flexibility index (Phi) is 9.19. The maximum absolute atomic E-state index is 13.6. The summed E-state index contributed by atoms with van der Waals surface area (Å²) in [5, 5.41) is 11.2. The zero-order valence-electron chi connectivity index (χ0n) is 28.9. The molecule has 2 aromatic heterocycles. The number of carbonyl (C=O) groups is 3. The minimum atomic E-state index is -0.272. The molecule has 2 aromatic carbocycles. The lowest BCUT2D eigenvalue weighted by Gasteiger charge is -2.36. The van der Waals surface area contributed by atoms with E-state index >= 15 is 0 Å². The number of hydrogen-bond donors (Lipinski definition) is 3. The molecule has 1 atom stereocenters. The second-order valence-electron chi connectivity index (χ2n) is 14.9. The highest BCUT2D eigenvalue weighted by Crippen LogP contribution is 2.38. The number of nitrogens with zero attached hydrogens (tertiary/aromatic N) is 5. The third kappa shape index (κ3) is 7.22. The van der Waals surface area contributed by atoms with E-state index < -0.39 is 0 Å². The van der Waals surface area contributed by atoms with Gasteiger partial charge in [0.25, 0.3) is 5.91 Å². The number of anilines is 2. The lowest BCUT2D eigenvalue weighted by molar-refractivity contribution is -0.125. The highest BCUT2D eigenvalue weighted by molar-refractivity contribution is 5.99. The van der Waals surface area contributed by atoms with Crippen molar-refractivity contribution in [3.05, 3.63) is 65.4 Å². The Labute approximate surface area is 288 Å². The SMILES string of the molecule is CN(CCC(=O)NC=O)c1ccc(N2CCC(CN3CCN(C(=O)c4ccc5[nH]c(-c6n[nH]c7c6CCC(C)(C)C7)cc5c4)CC3)C2)cc1. The smallest absolute Gasteiger partial charge is 0.253 e. The van der Waals surface area contributed by atoms with Gasteiger partial charge in [0.1, 0.15) is 5.69 Å². The summed E-state index contributed by atoms with van der Waals surface area (Å²) < 4.78 is 0. The summed E-state index contributed by atoms with van der Waals surface area (Å²) in [4.78, 5) is 48.2. The molecular formula is C38H48N8O3. The molecule has 0 bridgehead atoms. The number of hydrogen-bond acceptors (Lipinski definition) is 7. The molecule has 4 heterocycles. The van der Waals surface area contributed by atoms with Gasteiger partial charge in [-0.1, -0.05) is 13.8 Å². The van der Waals surface area contributed by atoms with E-state index in [1.807, 2.05) is 35.0 Å². The molecule has 0 spiro atoms. The number of piperazine rings is 1. The molecule has 3 N–H and O–H groups in total. The summed E-state index contributed by atoms with van der Waals surface area (Å²) in [6.07, 6.45) is 5.05. The van der Waals surface area contributed by atoms with Crippen molar-refractivity contribution >= 4 is 40.5 Å². The number of amides is 3. The molecule has 1 unspecified atom stereocenters. The molecule has 2 saturated heterocycles. The third-order valence-corrected chi connectivity index (χ3v) is 10.8. The van der Waals surface area contributed by atoms with Crippen LogP contribution in [0.25, 0.3) is 22.3 Å². The van der Waals surface area contributed by atoms with Crippen LogP contribution < -0.4 is 15.1 Å². The maximum atomic E-state index is 13.6. The number of aromatic amines is 2. The fourth-order valence-electron chi connectivity index (χ4n) is 7.81. The van der Waals surface area contributed by atoms with Crippen molar-refractivity contribution in [2.75, 3.05) is 69.2 Å². The van der Waals surface area contributed by atoms with Gasteiger partial charge in [0.05, 0.1) is 5.69 Å². The van der Waals surface area contributed by atoms with E-state index in [1.165, 1.54) is 16.9 Å². The van der Waals surface area contributed by atoms with Gasteiger partial charge in [-0.2, -0.15) is 5.10 Å². The number of H-pyrrole nitrogens is 2. The lowest BCUT2D eigenvalue weighted by Crippen LogP contribution is -2.49. The van der Waals surface area contributed by atoms with Crippen molar-refractivity contribution in [1.29, 1.82) is 0 Å². The second-order valence-corrected chi connectivity index (χ2v) is 14.9. The van der Waals surface area contributed by atoms with E-state index in [9.17, 15) is 14.4 Å². The maximum Gasteiger partial charge on any atom is 0.253 e. The van der Waals surface area contributed by atoms with Crippen molar-refractivity contribution in [3.8, 4) is 11.4 Å². The van der Waals surface area contributed by atoms with Crippen LogP contribution in [0.3, 0.4) is 0 Å². The van der Waals surface area contributed by atoms with Gasteiger partial charge >= 0.3 is 0 Å². The summed E-state index contributed by atoms with van der Waals surface area (Å²) >= 11 is 0. The number of imide groups is 1. The number of benzene rings is 2. The first-order chi connectivity index (χ1) is 23.7. The minimum absolute atomic E-state index is 0.106. The van der Waals surface area contributed by atoms with Crippen LogP contribution in [0.15, 0.2) is 48.5 Å². The van der Waals surface area contributed by atoms with Gasteiger partial charge in [-0.05, 0) is 85.5 Å². The molecule has 11 nitrogen and oxygen atoms in total. The summed E-state index contributed by atoms with van der Waals surface area (Å²) in [6, 6.07) is 16.6. The Bertz CT molecular complexity index is 1820. The van der Waals surface area contributed by atoms with Crippen LogP contribution in [0.1, 0.15) is 54.7 Å². The predicted molar refractivity (Wildman–Crippen MR) is 193 cm³/mol. The van der Waals surface area contributed by atoms with Gasteiger partial charge < -0.3 is 19.7 Å². The molecule has 0 radical (unpaired) electrons. The van der Waals surface area contributed by atoms with Gasteiger partial charge in [0.2, 0.25) is 12.3 Å². The Morgan fingerprint density at radius 1 is 1.06 bits per heavy atom. The van der Waals surface area contributed by atoms with Crippen molar-refractivity contribution in [1.82, 2.24) is 30.3 Å². The highest BCUT2D eigenvalue weighted by Gasteiger charge is 2.30. The molecule has 11 heteroatoms. The van der Waals surface area contributed by atoms with Gasteiger partial charge in [-0.25, -0.2) is 0 Å². The summed E-state index contributed by atoms with van der Waals surface area (Å²) in [7, 11) is 1.95. The van der Waals surface area contributed by atoms with Crippen LogP contribution in [0.2, 0.25) is 0 Å². The normalized spacial score (nSPS) is 19.2. The first-order valence-corrected chi connectivity index (χ1v) is 17.7. The number of nitrogens with one attached hydrogen (secondary N) is 3. The Morgan fingerprint density at radius 2 is 1.86 bits per heavy atom. The number of aromatic nitrogens is 3. The van der Waals surface area contributed by atoms with Crippen molar-refractivity contribution in [2.45, 2.75) is 46.0 Å². The number of fused-ring (bicyclic) bond motifs is 2. The van der Waals surface area contributed by atoms with Crippen LogP contribution in [0, 0.1) is 11.3 Å². The number of rotatable bonds is 10. The van der Waals surface area contributed by atoms with Crippen LogP contribution in [-0.4, -0.2) is 103 Å². The number of carbonyl (C=O) groups excluding carboxylic acids is 3. The first-order valence-electron chi connectivity index (χ1n) is 17.7. The fourth-order valence-corrected chi connectivity index (χ4v) is 7.81. The Morgan fingerprint density at radius 3 is 2.63 bits per heavy atom. The van der Waals surface area contributed by atoms with Crippen molar-refractivity contribution in [3.63, 3.8) is 0 Å². The van der Waals surface area contributed by atoms with E-state index in [2.05, 4.69) is 74.5 Å². The van der Waals surface area contributed by atoms with E-state index in [1.54, 1.807) is 0 Å². The van der Waals surface area contributed by atoms with Gasteiger partial charge in [-0.3, -0.25) is 29.7 Å². The molecule has 258 valence electrons. The molecule has 2 aliphatic heterocycles. The van der Waals surface area contributed by atoms with E-state index in [4.69, 9.17) is 0 Å². The van der Waals surface area contributed by atoms with Crippen molar-refractivity contribution < 1.29 is 14.4 Å². The molecule has 7 rings (SSSR count). The summed E-state index contributed by atoms with van der Waals surface area (Å²) in [6.45, 7) is 11.6. The fraction of sp³-hybridized carbons (Fsp3) is 0.474. The predicted octanol–water partition coefficient (Wildman–Crippen LogP) is 4.46. The Hall–Kier alpha value is -4.64. The second kappa shape index (κ2) is 13.7. The largest absolute Gasteiger partial charge is 0.374 e. The summed E-state index contributed by atoms with van der Waals surface area (Å²) in [5.41, 5.74) is 8.91. The highest BCUT2D eigenvalue weighted by atomic mass is 16.2. The Balaban J connectivity index is 0.893. The summed E-state index contributed by atoms with van der Waals surface area (Å²) in [5.74, 6) is 0.429. The lowest BCUT2D eigenvalue weighted by atomic mass is 9.76. The zero-order valence-corrected chi connectivity index (χ0v) is 28.9. The first kappa shape index (κ1) is 32.9. The standard InChI is InChI=1S/C38H48N8O3/c1-38(2)13-10-31-34(22-38)41-42-36(31)33-21-28-20-27(4-9-32(28)40-33)37(49)45-18-16-44(17-19-45)23-26-11-15-46(24-26)30-7-5-29(6-8-30)43(3)14-12-35(48)39-25-47/h4-9,20-21,25-26,40H,10-19,22-24H2,1-3H3,(H,41,42)(H,39,47,48). The molecule has 1 aliphatic carbocycles. The van der Waals surface area contributed by atoms with Crippen LogP contribution >= 0.6 is 0 Å². The average molecular weight is 665 g/mol. The molecule has 4 aromatic rings. The van der Waals surface area contributed by atoms with Gasteiger partial charge in [-0.15, -0.1) is 0 Å². The average Bonchev–Trinajstić information content (AvgIpc) is 3.85. The molecule has 3 aliphatic rings. The minimum Gasteiger partial charge on any atom is -0.374 e. The molecular weight excluding hydrogens is 616 g/mol. The monoisotopic (exact) mass is 664 g/mol. The topological polar surface area (TPSA) is 121 Å². The molecule has 2 fully saturated rings.